The summed E-state index contributed by atoms with van der Waals surface area (Å²) in [6, 6.07) is 7.92. The van der Waals surface area contributed by atoms with Gasteiger partial charge in [0.15, 0.2) is 5.65 Å². The van der Waals surface area contributed by atoms with Crippen LogP contribution < -0.4 is 5.32 Å². The maximum Gasteiger partial charge on any atom is 0.150 e. The van der Waals surface area contributed by atoms with Gasteiger partial charge in [-0.1, -0.05) is 0 Å². The topological polar surface area (TPSA) is 68.5 Å². The molecule has 0 saturated carbocycles. The van der Waals surface area contributed by atoms with E-state index in [9.17, 15) is 0 Å². The van der Waals surface area contributed by atoms with E-state index in [0.717, 1.165) is 45.2 Å². The van der Waals surface area contributed by atoms with Crippen LogP contribution in [0, 0.1) is 20.8 Å². The highest BCUT2D eigenvalue weighted by molar-refractivity contribution is 5.94. The first-order valence-electron chi connectivity index (χ1n) is 8.08. The lowest BCUT2D eigenvalue weighted by molar-refractivity contribution is 1.01. The van der Waals surface area contributed by atoms with Crippen LogP contribution in [0.5, 0.6) is 0 Å². The van der Waals surface area contributed by atoms with E-state index in [2.05, 4.69) is 43.7 Å². The van der Waals surface area contributed by atoms with Gasteiger partial charge in [0.25, 0.3) is 0 Å². The maximum atomic E-state index is 4.53. The predicted molar refractivity (Wildman–Crippen MR) is 98.4 cm³/mol. The number of anilines is 2. The number of hydrogen-bond acceptors (Lipinski definition) is 5. The fourth-order valence-electron chi connectivity index (χ4n) is 3.03. The Morgan fingerprint density at radius 1 is 0.920 bits per heavy atom. The molecule has 6 heteroatoms. The Morgan fingerprint density at radius 2 is 1.72 bits per heavy atom. The summed E-state index contributed by atoms with van der Waals surface area (Å²) >= 11 is 0. The number of nitrogens with one attached hydrogen (secondary N) is 1. The molecule has 0 atom stereocenters. The molecule has 0 saturated heterocycles. The molecule has 6 nitrogen and oxygen atoms in total. The molecule has 0 aromatic carbocycles. The van der Waals surface area contributed by atoms with E-state index < -0.39 is 0 Å². The summed E-state index contributed by atoms with van der Waals surface area (Å²) in [5.41, 5.74) is 5.31. The van der Waals surface area contributed by atoms with Gasteiger partial charge in [0.05, 0.1) is 11.1 Å². The number of aryl methyl sites for hydroxylation is 2. The fraction of sp³-hybridized carbons (Fsp3) is 0.158. The molecule has 1 N–H and O–H groups in total. The van der Waals surface area contributed by atoms with Crippen molar-refractivity contribution in [1.82, 2.24) is 24.5 Å². The fourth-order valence-corrected chi connectivity index (χ4v) is 3.03. The van der Waals surface area contributed by atoms with Gasteiger partial charge in [-0.15, -0.1) is 0 Å². The first-order valence-corrected chi connectivity index (χ1v) is 8.08. The second kappa shape index (κ2) is 5.98. The summed E-state index contributed by atoms with van der Waals surface area (Å²) in [5, 5.41) is 4.33. The van der Waals surface area contributed by atoms with Gasteiger partial charge in [-0.25, -0.2) is 15.0 Å². The van der Waals surface area contributed by atoms with Crippen LogP contribution in [-0.4, -0.2) is 24.5 Å². The van der Waals surface area contributed by atoms with E-state index in [-0.39, 0.29) is 0 Å². The van der Waals surface area contributed by atoms with Gasteiger partial charge in [-0.3, -0.25) is 9.55 Å². The van der Waals surface area contributed by atoms with Crippen molar-refractivity contribution in [2.24, 2.45) is 0 Å². The normalized spacial score (nSPS) is 11.0. The minimum Gasteiger partial charge on any atom is -0.324 e. The summed E-state index contributed by atoms with van der Waals surface area (Å²) < 4.78 is 2.13. The molecule has 0 aliphatic heterocycles. The molecule has 4 aromatic rings. The van der Waals surface area contributed by atoms with Crippen LogP contribution in [0.4, 0.5) is 11.6 Å². The summed E-state index contributed by atoms with van der Waals surface area (Å²) in [6.07, 6.45) is 6.94. The summed E-state index contributed by atoms with van der Waals surface area (Å²) in [5.74, 6) is 1.53. The van der Waals surface area contributed by atoms with Gasteiger partial charge in [-0.2, -0.15) is 0 Å². The Balaban J connectivity index is 1.91. The van der Waals surface area contributed by atoms with Crippen molar-refractivity contribution in [3.05, 3.63) is 66.0 Å². The molecule has 4 aromatic heterocycles. The molecule has 124 valence electrons. The molecule has 4 heterocycles. The molecule has 4 rings (SSSR count). The molecule has 0 amide bonds. The van der Waals surface area contributed by atoms with Gasteiger partial charge in [0.2, 0.25) is 0 Å². The second-order valence-electron chi connectivity index (χ2n) is 6.02. The van der Waals surface area contributed by atoms with Crippen LogP contribution in [0.2, 0.25) is 0 Å². The Kier molecular flexibility index (Phi) is 3.65. The molecule has 0 aliphatic carbocycles. The molecule has 0 spiro atoms. The van der Waals surface area contributed by atoms with Gasteiger partial charge in [0, 0.05) is 24.3 Å². The molecule has 0 fully saturated rings. The number of aromatic nitrogens is 5. The van der Waals surface area contributed by atoms with Crippen molar-refractivity contribution in [2.45, 2.75) is 20.8 Å². The Bertz CT molecular complexity index is 1050. The molecule has 0 aliphatic rings. The first-order chi connectivity index (χ1) is 12.1. The van der Waals surface area contributed by atoms with E-state index in [1.807, 2.05) is 31.2 Å². The van der Waals surface area contributed by atoms with E-state index in [1.54, 1.807) is 24.9 Å². The third-order valence-corrected chi connectivity index (χ3v) is 4.38. The Morgan fingerprint density at radius 3 is 2.48 bits per heavy atom. The zero-order valence-corrected chi connectivity index (χ0v) is 14.4. The van der Waals surface area contributed by atoms with Crippen LogP contribution >= 0.6 is 0 Å². The minimum atomic E-state index is 0.761. The molecule has 0 radical (unpaired) electrons. The van der Waals surface area contributed by atoms with E-state index >= 15 is 0 Å². The zero-order chi connectivity index (χ0) is 17.4. The van der Waals surface area contributed by atoms with E-state index in [4.69, 9.17) is 0 Å². The highest BCUT2D eigenvalue weighted by atomic mass is 15.1. The van der Waals surface area contributed by atoms with Crippen molar-refractivity contribution in [1.29, 1.82) is 0 Å². The Labute approximate surface area is 145 Å². The van der Waals surface area contributed by atoms with Gasteiger partial charge in [-0.05, 0) is 56.2 Å². The smallest absolute Gasteiger partial charge is 0.150 e. The SMILES string of the molecule is Cc1ccnc(Nc2ncnc3c2c(C)c(C)n3-c2ccncc2)c1. The number of pyridine rings is 2. The highest BCUT2D eigenvalue weighted by Gasteiger charge is 2.17. The van der Waals surface area contributed by atoms with E-state index in [0.29, 0.717) is 0 Å². The molecular formula is C19H18N6. The summed E-state index contributed by atoms with van der Waals surface area (Å²) in [6.45, 7) is 6.22. The standard InChI is InChI=1S/C19H18N6/c1-12-4-9-21-16(10-12)24-18-17-13(2)14(3)25(19(17)23-11-22-18)15-5-7-20-8-6-15/h4-11H,1-3H3,(H,21,22,23,24). The van der Waals surface area contributed by atoms with Crippen molar-refractivity contribution >= 4 is 22.7 Å². The largest absolute Gasteiger partial charge is 0.324 e. The lowest BCUT2D eigenvalue weighted by Gasteiger charge is -2.08. The zero-order valence-electron chi connectivity index (χ0n) is 14.4. The summed E-state index contributed by atoms with van der Waals surface area (Å²) in [7, 11) is 0. The van der Waals surface area contributed by atoms with Gasteiger partial charge < -0.3 is 5.32 Å². The van der Waals surface area contributed by atoms with Crippen molar-refractivity contribution in [3.8, 4) is 5.69 Å². The van der Waals surface area contributed by atoms with Crippen LogP contribution in [0.25, 0.3) is 16.7 Å². The van der Waals surface area contributed by atoms with Gasteiger partial charge in [0.1, 0.15) is 18.0 Å². The van der Waals surface area contributed by atoms with Crippen LogP contribution in [0.3, 0.4) is 0 Å². The number of nitrogens with zero attached hydrogens (tertiary/aromatic N) is 5. The monoisotopic (exact) mass is 330 g/mol. The quantitative estimate of drug-likeness (QED) is 0.617. The van der Waals surface area contributed by atoms with Crippen LogP contribution in [0.15, 0.2) is 49.2 Å². The third-order valence-electron chi connectivity index (χ3n) is 4.38. The predicted octanol–water partition coefficient (Wildman–Crippen LogP) is 3.88. The third kappa shape index (κ3) is 2.61. The molecule has 0 bridgehead atoms. The summed E-state index contributed by atoms with van der Waals surface area (Å²) in [4.78, 5) is 17.5. The minimum absolute atomic E-state index is 0.761. The van der Waals surface area contributed by atoms with Crippen molar-refractivity contribution in [3.63, 3.8) is 0 Å². The number of fused-ring (bicyclic) bond motifs is 1. The van der Waals surface area contributed by atoms with Crippen LogP contribution in [0.1, 0.15) is 16.8 Å². The van der Waals surface area contributed by atoms with Crippen molar-refractivity contribution in [2.75, 3.05) is 5.32 Å². The number of rotatable bonds is 3. The van der Waals surface area contributed by atoms with E-state index in [1.165, 1.54) is 0 Å². The lowest BCUT2D eigenvalue weighted by Crippen LogP contribution is -2.00. The Hall–Kier alpha value is -3.28. The lowest BCUT2D eigenvalue weighted by atomic mass is 10.2. The average Bonchev–Trinajstić information content (AvgIpc) is 2.88. The molecular weight excluding hydrogens is 312 g/mol. The van der Waals surface area contributed by atoms with Crippen LogP contribution in [-0.2, 0) is 0 Å². The van der Waals surface area contributed by atoms with Crippen molar-refractivity contribution < 1.29 is 0 Å². The maximum absolute atomic E-state index is 4.53. The average molecular weight is 330 g/mol. The van der Waals surface area contributed by atoms with Gasteiger partial charge >= 0.3 is 0 Å². The highest BCUT2D eigenvalue weighted by Crippen LogP contribution is 2.32. The molecule has 25 heavy (non-hydrogen) atoms. The second-order valence-corrected chi connectivity index (χ2v) is 6.02. The molecule has 0 unspecified atom stereocenters. The first kappa shape index (κ1) is 15.3. The number of hydrogen-bond donors (Lipinski definition) is 1.